The number of hydrogen-bond donors (Lipinski definition) is 0. The molecule has 2 rings (SSSR count). The van der Waals surface area contributed by atoms with Crippen molar-refractivity contribution >= 4 is 0 Å². The van der Waals surface area contributed by atoms with Crippen LogP contribution in [0.1, 0.15) is 49.8 Å². The molecule has 0 amide bonds. The highest BCUT2D eigenvalue weighted by Crippen LogP contribution is 2.26. The largest absolute Gasteiger partial charge is 0.353 e. The summed E-state index contributed by atoms with van der Waals surface area (Å²) in [5.74, 6) is 2.63. The van der Waals surface area contributed by atoms with E-state index in [0.29, 0.717) is 0 Å². The van der Waals surface area contributed by atoms with Crippen molar-refractivity contribution in [2.75, 3.05) is 6.61 Å². The zero-order chi connectivity index (χ0) is 12.8. The third kappa shape index (κ3) is 3.35. The predicted octanol–water partition coefficient (Wildman–Crippen LogP) is 3.66. The second-order valence-electron chi connectivity index (χ2n) is 4.60. The normalized spacial score (nSPS) is 21.2. The zero-order valence-electron chi connectivity index (χ0n) is 10.9. The fourth-order valence-corrected chi connectivity index (χ4v) is 2.21. The van der Waals surface area contributed by atoms with Gasteiger partial charge in [-0.25, -0.2) is 0 Å². The van der Waals surface area contributed by atoms with E-state index < -0.39 is 0 Å². The Hall–Kier alpha value is -1.30. The molecule has 2 atom stereocenters. The molecular formula is C16H20O2. The molecule has 2 heteroatoms. The topological polar surface area (TPSA) is 18.5 Å². The summed E-state index contributed by atoms with van der Waals surface area (Å²) in [5, 5.41) is 0. The minimum Gasteiger partial charge on any atom is -0.353 e. The lowest BCUT2D eigenvalue weighted by Gasteiger charge is -2.27. The van der Waals surface area contributed by atoms with Crippen molar-refractivity contribution in [2.45, 2.75) is 45.0 Å². The lowest BCUT2D eigenvalue weighted by Crippen LogP contribution is -2.24. The van der Waals surface area contributed by atoms with E-state index in [2.05, 4.69) is 12.8 Å². The molecule has 1 unspecified atom stereocenters. The summed E-state index contributed by atoms with van der Waals surface area (Å²) < 4.78 is 11.6. The van der Waals surface area contributed by atoms with Gasteiger partial charge in [0.05, 0.1) is 6.10 Å². The molecule has 0 saturated carbocycles. The summed E-state index contributed by atoms with van der Waals surface area (Å²) in [6.45, 7) is 2.94. The summed E-state index contributed by atoms with van der Waals surface area (Å²) >= 11 is 0. The second kappa shape index (κ2) is 6.58. The van der Waals surface area contributed by atoms with Gasteiger partial charge in [-0.1, -0.05) is 25.0 Å². The Balaban J connectivity index is 2.00. The van der Waals surface area contributed by atoms with Crippen molar-refractivity contribution in [3.8, 4) is 12.3 Å². The lowest BCUT2D eigenvalue weighted by atomic mass is 10.0. The third-order valence-electron chi connectivity index (χ3n) is 3.27. The molecule has 1 aromatic rings. The maximum absolute atomic E-state index is 6.03. The van der Waals surface area contributed by atoms with Crippen molar-refractivity contribution in [1.82, 2.24) is 0 Å². The quantitative estimate of drug-likeness (QED) is 0.752. The molecule has 1 heterocycles. The van der Waals surface area contributed by atoms with Crippen LogP contribution in [-0.4, -0.2) is 12.9 Å². The Morgan fingerprint density at radius 2 is 2.17 bits per heavy atom. The molecule has 0 radical (unpaired) electrons. The number of rotatable bonds is 4. The van der Waals surface area contributed by atoms with Crippen molar-refractivity contribution in [2.24, 2.45) is 0 Å². The first-order valence-electron chi connectivity index (χ1n) is 6.67. The Morgan fingerprint density at radius 1 is 1.39 bits per heavy atom. The molecule has 1 aliphatic heterocycles. The Labute approximate surface area is 109 Å². The number of hydrogen-bond acceptors (Lipinski definition) is 2. The van der Waals surface area contributed by atoms with Gasteiger partial charge in [-0.3, -0.25) is 0 Å². The monoisotopic (exact) mass is 244 g/mol. The van der Waals surface area contributed by atoms with Gasteiger partial charge in [0.15, 0.2) is 6.29 Å². The Bertz CT molecular complexity index is 396. The molecule has 0 bridgehead atoms. The van der Waals surface area contributed by atoms with Crippen molar-refractivity contribution in [1.29, 1.82) is 0 Å². The van der Waals surface area contributed by atoms with Crippen LogP contribution in [0.3, 0.4) is 0 Å². The van der Waals surface area contributed by atoms with Crippen molar-refractivity contribution in [3.05, 3.63) is 35.4 Å². The van der Waals surface area contributed by atoms with Gasteiger partial charge >= 0.3 is 0 Å². The summed E-state index contributed by atoms with van der Waals surface area (Å²) in [6, 6.07) is 8.02. The van der Waals surface area contributed by atoms with E-state index in [1.807, 2.05) is 24.3 Å². The van der Waals surface area contributed by atoms with Crippen LogP contribution < -0.4 is 0 Å². The number of benzene rings is 1. The molecule has 0 spiro atoms. The molecule has 1 saturated heterocycles. The van der Waals surface area contributed by atoms with Crippen molar-refractivity contribution < 1.29 is 9.47 Å². The van der Waals surface area contributed by atoms with Crippen LogP contribution in [0.15, 0.2) is 24.3 Å². The summed E-state index contributed by atoms with van der Waals surface area (Å²) in [4.78, 5) is 0. The molecule has 1 fully saturated rings. The van der Waals surface area contributed by atoms with Gasteiger partial charge in [0.1, 0.15) is 0 Å². The first-order chi connectivity index (χ1) is 8.83. The molecule has 0 N–H and O–H groups in total. The average molecular weight is 244 g/mol. The SMILES string of the molecule is C#Cc1ccc([C@H](CC)OC2CCCCO2)cc1. The zero-order valence-corrected chi connectivity index (χ0v) is 10.9. The molecule has 0 aromatic heterocycles. The molecule has 1 aromatic carbocycles. The van der Waals surface area contributed by atoms with E-state index in [1.54, 1.807) is 0 Å². The molecule has 1 aliphatic rings. The van der Waals surface area contributed by atoms with Crippen LogP contribution in [0.2, 0.25) is 0 Å². The van der Waals surface area contributed by atoms with Crippen molar-refractivity contribution in [3.63, 3.8) is 0 Å². The standard InChI is InChI=1S/C16H20O2/c1-3-13-8-10-14(11-9-13)15(4-2)18-16-7-5-6-12-17-16/h1,8-11,15-16H,4-7,12H2,2H3/t15-,16?/m0/s1. The molecule has 2 nitrogen and oxygen atoms in total. The van der Waals surface area contributed by atoms with E-state index in [4.69, 9.17) is 15.9 Å². The van der Waals surface area contributed by atoms with E-state index in [9.17, 15) is 0 Å². The smallest absolute Gasteiger partial charge is 0.158 e. The fraction of sp³-hybridized carbons (Fsp3) is 0.500. The summed E-state index contributed by atoms with van der Waals surface area (Å²) in [6.07, 6.45) is 9.69. The minimum atomic E-state index is -0.0454. The second-order valence-corrected chi connectivity index (χ2v) is 4.60. The number of terminal acetylenes is 1. The van der Waals surface area contributed by atoms with Gasteiger partial charge in [-0.15, -0.1) is 6.42 Å². The third-order valence-corrected chi connectivity index (χ3v) is 3.27. The minimum absolute atomic E-state index is 0.0454. The van der Waals surface area contributed by atoms with Gasteiger partial charge in [-0.2, -0.15) is 0 Å². The molecule has 0 aliphatic carbocycles. The van der Waals surface area contributed by atoms with E-state index in [-0.39, 0.29) is 12.4 Å². The Morgan fingerprint density at radius 3 is 2.72 bits per heavy atom. The van der Waals surface area contributed by atoms with Gasteiger partial charge in [-0.05, 0) is 43.4 Å². The lowest BCUT2D eigenvalue weighted by molar-refractivity contribution is -0.190. The highest BCUT2D eigenvalue weighted by atomic mass is 16.7. The van der Waals surface area contributed by atoms with Gasteiger partial charge in [0.2, 0.25) is 0 Å². The highest BCUT2D eigenvalue weighted by Gasteiger charge is 2.19. The van der Waals surface area contributed by atoms with E-state index in [0.717, 1.165) is 31.4 Å². The summed E-state index contributed by atoms with van der Waals surface area (Å²) in [5.41, 5.74) is 2.08. The van der Waals surface area contributed by atoms with Crippen LogP contribution >= 0.6 is 0 Å². The molecule has 18 heavy (non-hydrogen) atoms. The van der Waals surface area contributed by atoms with Gasteiger partial charge < -0.3 is 9.47 Å². The van der Waals surface area contributed by atoms with E-state index in [1.165, 1.54) is 12.0 Å². The predicted molar refractivity (Wildman–Crippen MR) is 72.1 cm³/mol. The van der Waals surface area contributed by atoms with Crippen LogP contribution in [-0.2, 0) is 9.47 Å². The fourth-order valence-electron chi connectivity index (χ4n) is 2.21. The molecular weight excluding hydrogens is 224 g/mol. The highest BCUT2D eigenvalue weighted by molar-refractivity contribution is 5.34. The van der Waals surface area contributed by atoms with Crippen LogP contribution in [0.25, 0.3) is 0 Å². The van der Waals surface area contributed by atoms with Crippen LogP contribution in [0, 0.1) is 12.3 Å². The van der Waals surface area contributed by atoms with Gasteiger partial charge in [0.25, 0.3) is 0 Å². The average Bonchev–Trinajstić information content (AvgIpc) is 2.46. The maximum atomic E-state index is 6.03. The molecule has 96 valence electrons. The van der Waals surface area contributed by atoms with E-state index >= 15 is 0 Å². The Kier molecular flexibility index (Phi) is 4.81. The number of ether oxygens (including phenoxy) is 2. The summed E-state index contributed by atoms with van der Waals surface area (Å²) in [7, 11) is 0. The van der Waals surface area contributed by atoms with Crippen LogP contribution in [0.4, 0.5) is 0 Å². The first-order valence-corrected chi connectivity index (χ1v) is 6.67. The van der Waals surface area contributed by atoms with Crippen LogP contribution in [0.5, 0.6) is 0 Å². The maximum Gasteiger partial charge on any atom is 0.158 e. The first kappa shape index (κ1) is 13.1. The van der Waals surface area contributed by atoms with Gasteiger partial charge in [0, 0.05) is 12.2 Å².